The number of rotatable bonds is 8. The summed E-state index contributed by atoms with van der Waals surface area (Å²) in [6, 6.07) is 23.2. The lowest BCUT2D eigenvalue weighted by Gasteiger charge is -2.11. The Morgan fingerprint density at radius 1 is 0.907 bits per heavy atom. The van der Waals surface area contributed by atoms with E-state index in [1.54, 1.807) is 35.3 Å². The van der Waals surface area contributed by atoms with E-state index >= 15 is 0 Å². The lowest BCUT2D eigenvalue weighted by Crippen LogP contribution is -2.28. The Morgan fingerprint density at radius 3 is 2.30 bits per heavy atom. The van der Waals surface area contributed by atoms with Gasteiger partial charge in [-0.05, 0) is 17.7 Å². The second kappa shape index (κ2) is 11.4. The molecule has 3 aromatic heterocycles. The monoisotopic (exact) mass is 586 g/mol. The van der Waals surface area contributed by atoms with Crippen molar-refractivity contribution in [3.63, 3.8) is 0 Å². The van der Waals surface area contributed by atoms with Crippen molar-refractivity contribution in [2.45, 2.75) is 18.8 Å². The summed E-state index contributed by atoms with van der Waals surface area (Å²) < 4.78 is 53.8. The molecule has 0 saturated carbocycles. The van der Waals surface area contributed by atoms with E-state index in [4.69, 9.17) is 9.05 Å². The van der Waals surface area contributed by atoms with Gasteiger partial charge in [0, 0.05) is 29.4 Å². The molecule has 6 aromatic rings. The number of halogens is 3. The van der Waals surface area contributed by atoms with Crippen LogP contribution in [0.3, 0.4) is 0 Å². The lowest BCUT2D eigenvalue weighted by atomic mass is 10.1. The normalized spacial score (nSPS) is 12.3. The molecule has 10 nitrogen and oxygen atoms in total. The molecule has 0 aliphatic rings. The van der Waals surface area contributed by atoms with Gasteiger partial charge in [-0.3, -0.25) is 4.79 Å². The van der Waals surface area contributed by atoms with Crippen molar-refractivity contribution >= 4 is 5.91 Å². The van der Waals surface area contributed by atoms with Crippen LogP contribution >= 0.6 is 0 Å². The molecule has 1 unspecified atom stereocenters. The van der Waals surface area contributed by atoms with Crippen LogP contribution in [0.2, 0.25) is 0 Å². The Kier molecular flexibility index (Phi) is 7.30. The second-order valence-electron chi connectivity index (χ2n) is 9.39. The molecule has 0 spiro atoms. The number of aliphatic hydroxyl groups is 1. The SMILES string of the molecule is O=C(NCc1cnn(-c2ccccc2)c1)C(O)c1ccc(-c2noc(-c3onc(-c4ccccc4)c3C(F)(F)F)n2)cc1. The number of benzene rings is 3. The number of nitrogens with one attached hydrogen (secondary N) is 1. The van der Waals surface area contributed by atoms with Crippen molar-refractivity contribution in [3.8, 4) is 40.0 Å². The number of aliphatic hydroxyl groups excluding tert-OH is 1. The minimum Gasteiger partial charge on any atom is -0.378 e. The molecule has 0 bridgehead atoms. The van der Waals surface area contributed by atoms with Gasteiger partial charge >= 0.3 is 6.18 Å². The lowest BCUT2D eigenvalue weighted by molar-refractivity contribution is -0.137. The van der Waals surface area contributed by atoms with Crippen molar-refractivity contribution in [2.24, 2.45) is 0 Å². The van der Waals surface area contributed by atoms with Gasteiger partial charge in [0.2, 0.25) is 11.6 Å². The quantitative estimate of drug-likeness (QED) is 0.235. The molecule has 3 aromatic carbocycles. The van der Waals surface area contributed by atoms with Crippen LogP contribution in [0.15, 0.2) is 106 Å². The molecule has 13 heteroatoms. The Bertz CT molecular complexity index is 1850. The third-order valence-electron chi connectivity index (χ3n) is 6.50. The highest BCUT2D eigenvalue weighted by atomic mass is 19.4. The summed E-state index contributed by atoms with van der Waals surface area (Å²) in [5.74, 6) is -1.86. The van der Waals surface area contributed by atoms with Gasteiger partial charge in [0.05, 0.1) is 11.9 Å². The summed E-state index contributed by atoms with van der Waals surface area (Å²) >= 11 is 0. The maximum atomic E-state index is 14.0. The first kappa shape index (κ1) is 27.6. The Balaban J connectivity index is 1.14. The highest BCUT2D eigenvalue weighted by Gasteiger charge is 2.43. The third kappa shape index (κ3) is 5.78. The first-order valence-corrected chi connectivity index (χ1v) is 12.9. The van der Waals surface area contributed by atoms with Crippen LogP contribution in [0.5, 0.6) is 0 Å². The number of para-hydroxylation sites is 1. The van der Waals surface area contributed by atoms with E-state index in [1.807, 2.05) is 30.3 Å². The number of nitrogens with zero attached hydrogens (tertiary/aromatic N) is 5. The fourth-order valence-electron chi connectivity index (χ4n) is 4.35. The molecule has 216 valence electrons. The van der Waals surface area contributed by atoms with Crippen molar-refractivity contribution in [1.29, 1.82) is 0 Å². The van der Waals surface area contributed by atoms with E-state index in [0.717, 1.165) is 11.3 Å². The first-order valence-electron chi connectivity index (χ1n) is 12.9. The molecule has 0 saturated heterocycles. The molecule has 0 aliphatic heterocycles. The van der Waals surface area contributed by atoms with E-state index in [9.17, 15) is 23.1 Å². The number of carbonyl (C=O) groups excluding carboxylic acids is 1. The van der Waals surface area contributed by atoms with Crippen LogP contribution in [-0.2, 0) is 17.5 Å². The molecular formula is C30H21F3N6O4. The smallest absolute Gasteiger partial charge is 0.378 e. The summed E-state index contributed by atoms with van der Waals surface area (Å²) in [4.78, 5) is 16.7. The van der Waals surface area contributed by atoms with Crippen molar-refractivity contribution in [2.75, 3.05) is 0 Å². The van der Waals surface area contributed by atoms with Gasteiger partial charge in [0.15, 0.2) is 6.10 Å². The number of aromatic nitrogens is 5. The minimum atomic E-state index is -4.81. The Morgan fingerprint density at radius 2 is 1.60 bits per heavy atom. The average molecular weight is 587 g/mol. The van der Waals surface area contributed by atoms with E-state index in [-0.39, 0.29) is 23.5 Å². The molecule has 43 heavy (non-hydrogen) atoms. The van der Waals surface area contributed by atoms with Crippen molar-refractivity contribution in [1.82, 2.24) is 30.4 Å². The molecule has 0 fully saturated rings. The zero-order valence-corrected chi connectivity index (χ0v) is 22.1. The van der Waals surface area contributed by atoms with Gasteiger partial charge in [-0.25, -0.2) is 4.68 Å². The highest BCUT2D eigenvalue weighted by Crippen LogP contribution is 2.43. The maximum absolute atomic E-state index is 14.0. The topological polar surface area (TPSA) is 132 Å². The van der Waals surface area contributed by atoms with Crippen molar-refractivity contribution < 1.29 is 32.1 Å². The average Bonchev–Trinajstić information content (AvgIpc) is 3.80. The van der Waals surface area contributed by atoms with Crippen LogP contribution in [0.4, 0.5) is 13.2 Å². The van der Waals surface area contributed by atoms with Crippen LogP contribution in [-0.4, -0.2) is 36.1 Å². The fourth-order valence-corrected chi connectivity index (χ4v) is 4.35. The van der Waals surface area contributed by atoms with Gasteiger partial charge in [0.1, 0.15) is 11.3 Å². The Labute approximate surface area is 241 Å². The zero-order valence-electron chi connectivity index (χ0n) is 22.1. The summed E-state index contributed by atoms with van der Waals surface area (Å²) in [7, 11) is 0. The number of amides is 1. The minimum absolute atomic E-state index is 0.0262. The largest absolute Gasteiger partial charge is 0.422 e. The predicted octanol–water partition coefficient (Wildman–Crippen LogP) is 5.61. The van der Waals surface area contributed by atoms with E-state index < -0.39 is 41.1 Å². The molecule has 0 radical (unpaired) electrons. The van der Waals surface area contributed by atoms with Crippen molar-refractivity contribution in [3.05, 3.63) is 114 Å². The molecule has 2 N–H and O–H groups in total. The molecule has 1 amide bonds. The summed E-state index contributed by atoms with van der Waals surface area (Å²) in [5.41, 5.74) is 0.944. The van der Waals surface area contributed by atoms with E-state index in [0.29, 0.717) is 5.56 Å². The third-order valence-corrected chi connectivity index (χ3v) is 6.50. The van der Waals surface area contributed by atoms with Crippen LogP contribution < -0.4 is 5.32 Å². The Hall–Kier alpha value is -5.56. The zero-order chi connectivity index (χ0) is 30.0. The fraction of sp³-hybridized carbons (Fsp3) is 0.100. The van der Waals surface area contributed by atoms with Crippen LogP contribution in [0, 0.1) is 0 Å². The number of hydrogen-bond acceptors (Lipinski definition) is 8. The standard InChI is InChI=1S/C30H21F3N6O4/c31-30(32,33)23-24(19-7-3-1-4-8-19)37-42-26(23)29-36-27(38-43-29)21-13-11-20(12-14-21)25(40)28(41)34-15-18-16-35-39(17-18)22-9-5-2-6-10-22/h1-14,16-17,25,40H,15H2,(H,34,41). The van der Waals surface area contributed by atoms with Gasteiger partial charge < -0.3 is 19.5 Å². The van der Waals surface area contributed by atoms with Crippen LogP contribution in [0.25, 0.3) is 40.0 Å². The van der Waals surface area contributed by atoms with Gasteiger partial charge in [0.25, 0.3) is 11.8 Å². The molecule has 0 aliphatic carbocycles. The predicted molar refractivity (Wildman–Crippen MR) is 146 cm³/mol. The number of alkyl halides is 3. The number of hydrogen-bond donors (Lipinski definition) is 2. The van der Waals surface area contributed by atoms with Gasteiger partial charge in [-0.2, -0.15) is 23.3 Å². The van der Waals surface area contributed by atoms with Crippen LogP contribution in [0.1, 0.15) is 22.8 Å². The van der Waals surface area contributed by atoms with Gasteiger partial charge in [-0.1, -0.05) is 83.1 Å². The van der Waals surface area contributed by atoms with E-state index in [2.05, 4.69) is 25.7 Å². The summed E-state index contributed by atoms with van der Waals surface area (Å²) in [6.45, 7) is 0.153. The highest BCUT2D eigenvalue weighted by molar-refractivity contribution is 5.82. The molecule has 3 heterocycles. The maximum Gasteiger partial charge on any atom is 0.422 e. The first-order chi connectivity index (χ1) is 20.8. The number of carbonyl (C=O) groups is 1. The molecule has 1 atom stereocenters. The van der Waals surface area contributed by atoms with E-state index in [1.165, 1.54) is 36.4 Å². The van der Waals surface area contributed by atoms with Gasteiger partial charge in [-0.15, -0.1) is 0 Å². The molecule has 6 rings (SSSR count). The summed E-state index contributed by atoms with van der Waals surface area (Å²) in [5, 5.41) is 24.9. The summed E-state index contributed by atoms with van der Waals surface area (Å²) in [6.07, 6.45) is -2.89. The molecular weight excluding hydrogens is 565 g/mol. The second-order valence-corrected chi connectivity index (χ2v) is 9.39.